The molecule has 1 nitrogen and oxygen atoms in total. The molecule has 2 heteroatoms. The zero-order valence-corrected chi connectivity index (χ0v) is 8.56. The van der Waals surface area contributed by atoms with Crippen LogP contribution in [0.25, 0.3) is 11.3 Å². The third kappa shape index (κ3) is 1.78. The van der Waals surface area contributed by atoms with Crippen LogP contribution < -0.4 is 0 Å². The fourth-order valence-corrected chi connectivity index (χ4v) is 2.04. The predicted molar refractivity (Wildman–Crippen MR) is 57.0 cm³/mol. The van der Waals surface area contributed by atoms with E-state index in [9.17, 15) is 0 Å². The first kappa shape index (κ1) is 8.45. The van der Waals surface area contributed by atoms with Crippen molar-refractivity contribution >= 4 is 11.3 Å². The quantitative estimate of drug-likeness (QED) is 0.669. The molecule has 0 aliphatic heterocycles. The molecule has 0 radical (unpaired) electrons. The van der Waals surface area contributed by atoms with E-state index in [2.05, 4.69) is 42.4 Å². The standard InChI is InChI=1S/C11H11NS/c1-8-3-9(2)5-10(4-8)11-6-13-7-12-11/h3-7H,1-2H3. The van der Waals surface area contributed by atoms with E-state index in [0.29, 0.717) is 0 Å². The van der Waals surface area contributed by atoms with E-state index in [0.717, 1.165) is 5.69 Å². The first-order valence-corrected chi connectivity index (χ1v) is 5.17. The number of hydrogen-bond donors (Lipinski definition) is 0. The maximum atomic E-state index is 4.29. The monoisotopic (exact) mass is 189 g/mol. The molecule has 0 spiro atoms. The molecule has 1 aromatic carbocycles. The molecule has 0 aliphatic rings. The molecule has 0 N–H and O–H groups in total. The molecule has 0 fully saturated rings. The van der Waals surface area contributed by atoms with Gasteiger partial charge in [0.25, 0.3) is 0 Å². The van der Waals surface area contributed by atoms with Crippen molar-refractivity contribution in [1.82, 2.24) is 4.98 Å². The summed E-state index contributed by atoms with van der Waals surface area (Å²) in [5, 5.41) is 2.08. The summed E-state index contributed by atoms with van der Waals surface area (Å²) in [5.74, 6) is 0. The van der Waals surface area contributed by atoms with Crippen LogP contribution in [0.3, 0.4) is 0 Å². The molecule has 0 atom stereocenters. The molecular formula is C11H11NS. The second kappa shape index (κ2) is 3.30. The summed E-state index contributed by atoms with van der Waals surface area (Å²) >= 11 is 1.64. The number of benzene rings is 1. The number of thiazole rings is 1. The number of nitrogens with zero attached hydrogens (tertiary/aromatic N) is 1. The Bertz CT molecular complexity index is 384. The highest BCUT2D eigenvalue weighted by atomic mass is 32.1. The molecule has 2 rings (SSSR count). The highest BCUT2D eigenvalue weighted by molar-refractivity contribution is 7.07. The van der Waals surface area contributed by atoms with Gasteiger partial charge < -0.3 is 0 Å². The Hall–Kier alpha value is -1.15. The summed E-state index contributed by atoms with van der Waals surface area (Å²) < 4.78 is 0. The lowest BCUT2D eigenvalue weighted by molar-refractivity contribution is 1.35. The Kier molecular flexibility index (Phi) is 2.15. The Morgan fingerprint density at radius 3 is 2.31 bits per heavy atom. The van der Waals surface area contributed by atoms with E-state index >= 15 is 0 Å². The lowest BCUT2D eigenvalue weighted by atomic mass is 10.1. The van der Waals surface area contributed by atoms with Gasteiger partial charge in [-0.1, -0.05) is 17.2 Å². The predicted octanol–water partition coefficient (Wildman–Crippen LogP) is 3.43. The zero-order chi connectivity index (χ0) is 9.26. The van der Waals surface area contributed by atoms with Gasteiger partial charge in [0.05, 0.1) is 11.2 Å². The molecule has 0 saturated carbocycles. The van der Waals surface area contributed by atoms with Crippen LogP contribution >= 0.6 is 11.3 Å². The van der Waals surface area contributed by atoms with Crippen LogP contribution in [-0.4, -0.2) is 4.98 Å². The van der Waals surface area contributed by atoms with Crippen LogP contribution in [0.1, 0.15) is 11.1 Å². The molecule has 0 unspecified atom stereocenters. The largest absolute Gasteiger partial charge is 0.245 e. The van der Waals surface area contributed by atoms with Crippen LogP contribution in [0.2, 0.25) is 0 Å². The van der Waals surface area contributed by atoms with Crippen molar-refractivity contribution in [2.75, 3.05) is 0 Å². The van der Waals surface area contributed by atoms with Crippen LogP contribution in [0.4, 0.5) is 0 Å². The average Bonchev–Trinajstić information content (AvgIpc) is 2.53. The molecule has 1 aromatic heterocycles. The van der Waals surface area contributed by atoms with Crippen molar-refractivity contribution in [3.05, 3.63) is 40.2 Å². The van der Waals surface area contributed by atoms with Gasteiger partial charge in [0.2, 0.25) is 0 Å². The number of aryl methyl sites for hydroxylation is 2. The number of aromatic nitrogens is 1. The van der Waals surface area contributed by atoms with E-state index in [1.54, 1.807) is 11.3 Å². The third-order valence-corrected chi connectivity index (χ3v) is 2.54. The minimum absolute atomic E-state index is 1.08. The summed E-state index contributed by atoms with van der Waals surface area (Å²) in [4.78, 5) is 4.29. The maximum Gasteiger partial charge on any atom is 0.0811 e. The normalized spacial score (nSPS) is 10.3. The number of hydrogen-bond acceptors (Lipinski definition) is 2. The van der Waals surface area contributed by atoms with Gasteiger partial charge in [-0.25, -0.2) is 4.98 Å². The first-order valence-electron chi connectivity index (χ1n) is 4.22. The second-order valence-electron chi connectivity index (χ2n) is 3.25. The molecule has 0 bridgehead atoms. The molecule has 0 amide bonds. The van der Waals surface area contributed by atoms with Gasteiger partial charge in [-0.3, -0.25) is 0 Å². The minimum Gasteiger partial charge on any atom is -0.245 e. The van der Waals surface area contributed by atoms with Crippen LogP contribution in [0, 0.1) is 13.8 Å². The first-order chi connectivity index (χ1) is 6.25. The lowest BCUT2D eigenvalue weighted by Crippen LogP contribution is -1.81. The van der Waals surface area contributed by atoms with Crippen molar-refractivity contribution in [3.63, 3.8) is 0 Å². The van der Waals surface area contributed by atoms with Crippen molar-refractivity contribution in [2.24, 2.45) is 0 Å². The van der Waals surface area contributed by atoms with Gasteiger partial charge in [0, 0.05) is 10.9 Å². The second-order valence-corrected chi connectivity index (χ2v) is 3.97. The van der Waals surface area contributed by atoms with Gasteiger partial charge in [-0.15, -0.1) is 11.3 Å². The van der Waals surface area contributed by atoms with E-state index in [4.69, 9.17) is 0 Å². The fourth-order valence-electron chi connectivity index (χ4n) is 1.48. The Balaban J connectivity index is 2.53. The molecule has 2 aromatic rings. The van der Waals surface area contributed by atoms with Crippen LogP contribution in [0.15, 0.2) is 29.1 Å². The minimum atomic E-state index is 1.08. The average molecular weight is 189 g/mol. The highest BCUT2D eigenvalue weighted by Crippen LogP contribution is 2.21. The molecule has 0 saturated heterocycles. The summed E-state index contributed by atoms with van der Waals surface area (Å²) in [7, 11) is 0. The third-order valence-electron chi connectivity index (χ3n) is 1.95. The molecule has 0 aliphatic carbocycles. The Labute approximate surface area is 82.1 Å². The van der Waals surface area contributed by atoms with Crippen molar-refractivity contribution in [2.45, 2.75) is 13.8 Å². The van der Waals surface area contributed by atoms with Crippen molar-refractivity contribution in [1.29, 1.82) is 0 Å². The van der Waals surface area contributed by atoms with Gasteiger partial charge in [0.15, 0.2) is 0 Å². The van der Waals surface area contributed by atoms with E-state index in [1.807, 2.05) is 5.51 Å². The number of rotatable bonds is 1. The fraction of sp³-hybridized carbons (Fsp3) is 0.182. The van der Waals surface area contributed by atoms with E-state index < -0.39 is 0 Å². The van der Waals surface area contributed by atoms with Crippen molar-refractivity contribution < 1.29 is 0 Å². The van der Waals surface area contributed by atoms with Gasteiger partial charge in [-0.2, -0.15) is 0 Å². The lowest BCUT2D eigenvalue weighted by Gasteiger charge is -2.01. The van der Waals surface area contributed by atoms with E-state index in [-0.39, 0.29) is 0 Å². The molecule has 1 heterocycles. The summed E-state index contributed by atoms with van der Waals surface area (Å²) in [6, 6.07) is 6.51. The molecule has 66 valence electrons. The SMILES string of the molecule is Cc1cc(C)cc(-c2cscn2)c1. The Morgan fingerprint density at radius 1 is 1.08 bits per heavy atom. The van der Waals surface area contributed by atoms with Crippen LogP contribution in [-0.2, 0) is 0 Å². The molecular weight excluding hydrogens is 178 g/mol. The van der Waals surface area contributed by atoms with E-state index in [1.165, 1.54) is 16.7 Å². The topological polar surface area (TPSA) is 12.9 Å². The van der Waals surface area contributed by atoms with Gasteiger partial charge in [0.1, 0.15) is 0 Å². The zero-order valence-electron chi connectivity index (χ0n) is 7.74. The molecule has 13 heavy (non-hydrogen) atoms. The summed E-state index contributed by atoms with van der Waals surface area (Å²) in [6.45, 7) is 4.23. The van der Waals surface area contributed by atoms with Gasteiger partial charge in [-0.05, 0) is 26.0 Å². The highest BCUT2D eigenvalue weighted by Gasteiger charge is 2.00. The van der Waals surface area contributed by atoms with Crippen LogP contribution in [0.5, 0.6) is 0 Å². The van der Waals surface area contributed by atoms with Crippen molar-refractivity contribution in [3.8, 4) is 11.3 Å². The smallest absolute Gasteiger partial charge is 0.0811 e. The maximum absolute atomic E-state index is 4.29. The Morgan fingerprint density at radius 2 is 1.77 bits per heavy atom. The summed E-state index contributed by atoms with van der Waals surface area (Å²) in [6.07, 6.45) is 0. The van der Waals surface area contributed by atoms with Gasteiger partial charge >= 0.3 is 0 Å². The summed E-state index contributed by atoms with van der Waals surface area (Å²) in [5.41, 5.74) is 6.76.